The van der Waals surface area contributed by atoms with Gasteiger partial charge in [0.15, 0.2) is 0 Å². The number of anilines is 2. The fraction of sp³-hybridized carbons (Fsp3) is 0. The van der Waals surface area contributed by atoms with Crippen LogP contribution in [0.15, 0.2) is 40.9 Å². The van der Waals surface area contributed by atoms with E-state index in [9.17, 15) is 4.79 Å². The highest BCUT2D eigenvalue weighted by atomic mass is 79.9. The predicted octanol–water partition coefficient (Wildman–Crippen LogP) is 4.59. The van der Waals surface area contributed by atoms with E-state index in [0.717, 1.165) is 0 Å². The molecule has 0 fully saturated rings. The van der Waals surface area contributed by atoms with Crippen molar-refractivity contribution in [2.45, 2.75) is 0 Å². The van der Waals surface area contributed by atoms with Crippen molar-refractivity contribution in [3.8, 4) is 0 Å². The molecule has 0 unspecified atom stereocenters. The van der Waals surface area contributed by atoms with Gasteiger partial charge in [-0.3, -0.25) is 4.79 Å². The number of hydrogen-bond acceptors (Lipinski definition) is 2. The molecule has 0 aliphatic carbocycles. The molecule has 2 aromatic carbocycles. The lowest BCUT2D eigenvalue weighted by Crippen LogP contribution is -2.13. The van der Waals surface area contributed by atoms with Crippen molar-refractivity contribution in [1.29, 1.82) is 0 Å². The van der Waals surface area contributed by atoms with Crippen molar-refractivity contribution >= 4 is 56.4 Å². The molecule has 19 heavy (non-hydrogen) atoms. The number of carbonyl (C=O) groups excluding carboxylic acids is 1. The Kier molecular flexibility index (Phi) is 4.34. The molecule has 1 amide bonds. The van der Waals surface area contributed by atoms with Crippen molar-refractivity contribution < 1.29 is 4.79 Å². The molecular weight excluding hydrogens is 351 g/mol. The summed E-state index contributed by atoms with van der Waals surface area (Å²) >= 11 is 15.0. The van der Waals surface area contributed by atoms with Gasteiger partial charge in [-0.05, 0) is 52.3 Å². The molecule has 98 valence electrons. The number of amides is 1. The normalized spacial score (nSPS) is 10.3. The molecular formula is C13H9BrCl2N2O. The molecule has 0 radical (unpaired) electrons. The molecule has 0 heterocycles. The summed E-state index contributed by atoms with van der Waals surface area (Å²) in [6.07, 6.45) is 0. The summed E-state index contributed by atoms with van der Waals surface area (Å²) in [5.74, 6) is -0.286. The van der Waals surface area contributed by atoms with E-state index in [1.165, 1.54) is 0 Å². The summed E-state index contributed by atoms with van der Waals surface area (Å²) in [4.78, 5) is 12.1. The summed E-state index contributed by atoms with van der Waals surface area (Å²) in [7, 11) is 0. The van der Waals surface area contributed by atoms with E-state index in [2.05, 4.69) is 21.2 Å². The predicted molar refractivity (Wildman–Crippen MR) is 83.0 cm³/mol. The van der Waals surface area contributed by atoms with Crippen LogP contribution in [-0.2, 0) is 0 Å². The summed E-state index contributed by atoms with van der Waals surface area (Å²) in [6, 6.07) is 9.80. The smallest absolute Gasteiger partial charge is 0.255 e. The van der Waals surface area contributed by atoms with Gasteiger partial charge >= 0.3 is 0 Å². The van der Waals surface area contributed by atoms with Gasteiger partial charge in [-0.2, -0.15) is 0 Å². The SMILES string of the molecule is Nc1ccc(Cl)cc1NC(=O)c1ccc(Cl)c(Br)c1. The lowest BCUT2D eigenvalue weighted by atomic mass is 10.2. The molecule has 6 heteroatoms. The van der Waals surface area contributed by atoms with Crippen LogP contribution in [0.5, 0.6) is 0 Å². The summed E-state index contributed by atoms with van der Waals surface area (Å²) in [6.45, 7) is 0. The van der Waals surface area contributed by atoms with E-state index in [1.807, 2.05) is 0 Å². The maximum atomic E-state index is 12.1. The highest BCUT2D eigenvalue weighted by Gasteiger charge is 2.10. The highest BCUT2D eigenvalue weighted by Crippen LogP contribution is 2.26. The van der Waals surface area contributed by atoms with Crippen molar-refractivity contribution in [3.63, 3.8) is 0 Å². The van der Waals surface area contributed by atoms with E-state index >= 15 is 0 Å². The molecule has 0 bridgehead atoms. The first-order valence-corrected chi connectivity index (χ1v) is 6.83. The Hall–Kier alpha value is -1.23. The van der Waals surface area contributed by atoms with Gasteiger partial charge in [0, 0.05) is 15.1 Å². The number of benzene rings is 2. The maximum Gasteiger partial charge on any atom is 0.255 e. The van der Waals surface area contributed by atoms with Crippen molar-refractivity contribution in [2.24, 2.45) is 0 Å². The molecule has 0 aromatic heterocycles. The quantitative estimate of drug-likeness (QED) is 0.770. The fourth-order valence-corrected chi connectivity index (χ4v) is 2.14. The second-order valence-electron chi connectivity index (χ2n) is 3.81. The number of nitrogen functional groups attached to an aromatic ring is 1. The zero-order valence-corrected chi connectivity index (χ0v) is 12.7. The summed E-state index contributed by atoms with van der Waals surface area (Å²) < 4.78 is 0.654. The molecule has 0 saturated carbocycles. The molecule has 0 atom stereocenters. The Labute approximate surface area is 128 Å². The van der Waals surface area contributed by atoms with Crippen LogP contribution in [0.3, 0.4) is 0 Å². The van der Waals surface area contributed by atoms with Crippen LogP contribution in [0.25, 0.3) is 0 Å². The first-order valence-electron chi connectivity index (χ1n) is 5.29. The molecule has 3 N–H and O–H groups in total. The van der Waals surface area contributed by atoms with E-state index in [-0.39, 0.29) is 5.91 Å². The monoisotopic (exact) mass is 358 g/mol. The zero-order chi connectivity index (χ0) is 14.0. The third kappa shape index (κ3) is 3.41. The van der Waals surface area contributed by atoms with Crippen LogP contribution >= 0.6 is 39.1 Å². The number of carbonyl (C=O) groups is 1. The number of halogens is 3. The Balaban J connectivity index is 2.25. The van der Waals surface area contributed by atoms with E-state index in [1.54, 1.807) is 36.4 Å². The first kappa shape index (κ1) is 14.2. The Morgan fingerprint density at radius 1 is 1.16 bits per heavy atom. The fourth-order valence-electron chi connectivity index (χ4n) is 1.47. The van der Waals surface area contributed by atoms with Gasteiger partial charge in [0.25, 0.3) is 5.91 Å². The van der Waals surface area contributed by atoms with Gasteiger partial charge in [0.2, 0.25) is 0 Å². The van der Waals surface area contributed by atoms with Gasteiger partial charge in [-0.25, -0.2) is 0 Å². The number of hydrogen-bond donors (Lipinski definition) is 2. The topological polar surface area (TPSA) is 55.1 Å². The molecule has 3 nitrogen and oxygen atoms in total. The van der Waals surface area contributed by atoms with Crippen LogP contribution in [-0.4, -0.2) is 5.91 Å². The average molecular weight is 360 g/mol. The lowest BCUT2D eigenvalue weighted by molar-refractivity contribution is 0.102. The Morgan fingerprint density at radius 3 is 2.58 bits per heavy atom. The van der Waals surface area contributed by atoms with Crippen LogP contribution in [0.1, 0.15) is 10.4 Å². The highest BCUT2D eigenvalue weighted by molar-refractivity contribution is 9.10. The van der Waals surface area contributed by atoms with Gasteiger partial charge < -0.3 is 11.1 Å². The molecule has 2 rings (SSSR count). The van der Waals surface area contributed by atoms with Crippen molar-refractivity contribution in [2.75, 3.05) is 11.1 Å². The second-order valence-corrected chi connectivity index (χ2v) is 5.51. The minimum atomic E-state index is -0.286. The van der Waals surface area contributed by atoms with E-state index in [4.69, 9.17) is 28.9 Å². The Morgan fingerprint density at radius 2 is 1.89 bits per heavy atom. The van der Waals surface area contributed by atoms with Crippen LogP contribution in [0, 0.1) is 0 Å². The molecule has 0 spiro atoms. The standard InChI is InChI=1S/C13H9BrCl2N2O/c14-9-5-7(1-3-10(9)16)13(19)18-12-6-8(15)2-4-11(12)17/h1-6H,17H2,(H,18,19). The second kappa shape index (κ2) is 5.82. The van der Waals surface area contributed by atoms with Crippen LogP contribution < -0.4 is 11.1 Å². The van der Waals surface area contributed by atoms with Gasteiger partial charge in [-0.15, -0.1) is 0 Å². The third-order valence-electron chi connectivity index (χ3n) is 2.45. The van der Waals surface area contributed by atoms with E-state index < -0.39 is 0 Å². The van der Waals surface area contributed by atoms with Crippen LogP contribution in [0.4, 0.5) is 11.4 Å². The van der Waals surface area contributed by atoms with Crippen molar-refractivity contribution in [1.82, 2.24) is 0 Å². The zero-order valence-electron chi connectivity index (χ0n) is 9.58. The van der Waals surface area contributed by atoms with Gasteiger partial charge in [0.1, 0.15) is 0 Å². The number of rotatable bonds is 2. The largest absolute Gasteiger partial charge is 0.397 e. The molecule has 0 aliphatic heterocycles. The number of nitrogens with two attached hydrogens (primary N) is 1. The first-order chi connectivity index (χ1) is 8.97. The third-order valence-corrected chi connectivity index (χ3v) is 3.89. The summed E-state index contributed by atoms with van der Waals surface area (Å²) in [5.41, 5.74) is 7.16. The minimum absolute atomic E-state index is 0.286. The Bertz CT molecular complexity index is 647. The average Bonchev–Trinajstić information content (AvgIpc) is 2.37. The summed E-state index contributed by atoms with van der Waals surface area (Å²) in [5, 5.41) is 3.74. The lowest BCUT2D eigenvalue weighted by Gasteiger charge is -2.09. The van der Waals surface area contributed by atoms with E-state index in [0.29, 0.717) is 31.5 Å². The van der Waals surface area contributed by atoms with Gasteiger partial charge in [-0.1, -0.05) is 23.2 Å². The van der Waals surface area contributed by atoms with Crippen LogP contribution in [0.2, 0.25) is 10.0 Å². The van der Waals surface area contributed by atoms with Crippen molar-refractivity contribution in [3.05, 3.63) is 56.5 Å². The number of nitrogens with one attached hydrogen (secondary N) is 1. The maximum absolute atomic E-state index is 12.1. The molecule has 0 saturated heterocycles. The van der Waals surface area contributed by atoms with Gasteiger partial charge in [0.05, 0.1) is 16.4 Å². The minimum Gasteiger partial charge on any atom is -0.397 e. The molecule has 2 aromatic rings. The molecule has 0 aliphatic rings.